The van der Waals surface area contributed by atoms with Gasteiger partial charge in [-0.1, -0.05) is 0 Å². The van der Waals surface area contributed by atoms with Gasteiger partial charge in [0.05, 0.1) is 0 Å². The zero-order valence-corrected chi connectivity index (χ0v) is 3.59. The van der Waals surface area contributed by atoms with Gasteiger partial charge < -0.3 is 0 Å². The molecular weight excluding hydrogens is 105 g/mol. The van der Waals surface area contributed by atoms with Crippen molar-refractivity contribution in [2.75, 3.05) is 0 Å². The molecule has 0 bridgehead atoms. The maximum Gasteiger partial charge on any atom is 0.688 e. The summed E-state index contributed by atoms with van der Waals surface area (Å²) in [5, 5.41) is 0. The predicted octanol–water partition coefficient (Wildman–Crippen LogP) is -0.00161. The first-order valence-electron chi connectivity index (χ1n) is 1.01. The Balaban J connectivity index is 3.94. The highest BCUT2D eigenvalue weighted by Gasteiger charge is 2.17. The normalized spacial score (nSPS) is 10.2. The lowest BCUT2D eigenvalue weighted by Crippen LogP contribution is -1.60. The molecule has 0 rings (SSSR count). The number of nitrogens with zero attached hydrogens (tertiary/aromatic N) is 1. The number of hydrogen-bond acceptors (Lipinski definition) is 1. The summed E-state index contributed by atoms with van der Waals surface area (Å²) in [4.78, 5) is 15.2. The third-order valence-electron chi connectivity index (χ3n) is 0.130. The molecule has 0 aliphatic carbocycles. The highest BCUT2D eigenvalue weighted by molar-refractivity contribution is 7.54. The summed E-state index contributed by atoms with van der Waals surface area (Å²) in [5.74, 6) is 0. The van der Waals surface area contributed by atoms with E-state index in [-0.39, 0.29) is 0 Å². The van der Waals surface area contributed by atoms with Crippen LogP contribution in [0, 0.1) is 6.57 Å². The highest BCUT2D eigenvalue weighted by Crippen LogP contribution is 2.35. The first-order chi connectivity index (χ1) is 2.56. The van der Waals surface area contributed by atoms with Gasteiger partial charge in [-0.25, -0.2) is 11.2 Å². The molecule has 0 aromatic carbocycles. The minimum absolute atomic E-state index is 1.94. The molecule has 0 radical (unpaired) electrons. The Labute approximate surface area is 34.4 Å². The SMILES string of the molecule is [C-]#[N+]P(=O)(O)O. The molecule has 5 heteroatoms. The van der Waals surface area contributed by atoms with E-state index in [0.717, 1.165) is 0 Å². The molecule has 0 amide bonds. The van der Waals surface area contributed by atoms with E-state index < -0.39 is 7.75 Å². The highest BCUT2D eigenvalue weighted by atomic mass is 31.2. The topological polar surface area (TPSA) is 61.9 Å². The largest absolute Gasteiger partial charge is 0.688 e. The van der Waals surface area contributed by atoms with Crippen LogP contribution in [0.3, 0.4) is 0 Å². The van der Waals surface area contributed by atoms with Crippen molar-refractivity contribution in [3.8, 4) is 0 Å². The van der Waals surface area contributed by atoms with Crippen molar-refractivity contribution in [3.05, 3.63) is 11.2 Å². The molecule has 0 spiro atoms. The lowest BCUT2D eigenvalue weighted by atomic mass is 11.9. The third-order valence-corrected chi connectivity index (χ3v) is 0.391. The Kier molecular flexibility index (Phi) is 1.31. The van der Waals surface area contributed by atoms with E-state index in [1.165, 1.54) is 0 Å². The summed E-state index contributed by atoms with van der Waals surface area (Å²) in [6, 6.07) is 0. The van der Waals surface area contributed by atoms with Crippen molar-refractivity contribution in [2.45, 2.75) is 0 Å². The van der Waals surface area contributed by atoms with Crippen LogP contribution in [-0.4, -0.2) is 9.79 Å². The molecule has 0 aliphatic rings. The maximum absolute atomic E-state index is 9.34. The Bertz CT molecular complexity index is 117. The van der Waals surface area contributed by atoms with Gasteiger partial charge in [0, 0.05) is 0 Å². The van der Waals surface area contributed by atoms with E-state index in [1.54, 1.807) is 0 Å². The zero-order chi connectivity index (χ0) is 5.21. The molecule has 4 nitrogen and oxygen atoms in total. The van der Waals surface area contributed by atoms with Gasteiger partial charge >= 0.3 is 7.75 Å². The molecule has 0 aromatic rings. The fraction of sp³-hybridized carbons (Fsp3) is 0. The second-order valence-electron chi connectivity index (χ2n) is 0.613. The monoisotopic (exact) mass is 107 g/mol. The van der Waals surface area contributed by atoms with Gasteiger partial charge in [-0.15, -0.1) is 0 Å². The van der Waals surface area contributed by atoms with Crippen LogP contribution >= 0.6 is 7.75 Å². The molecule has 0 saturated heterocycles. The van der Waals surface area contributed by atoms with Crippen molar-refractivity contribution in [1.82, 2.24) is 0 Å². The molecule has 6 heavy (non-hydrogen) atoms. The van der Waals surface area contributed by atoms with Crippen LogP contribution in [-0.2, 0) is 4.57 Å². The van der Waals surface area contributed by atoms with Crippen LogP contribution in [0.4, 0.5) is 0 Å². The van der Waals surface area contributed by atoms with Crippen LogP contribution in [0.2, 0.25) is 0 Å². The van der Waals surface area contributed by atoms with Crippen LogP contribution in [0.15, 0.2) is 0 Å². The summed E-state index contributed by atoms with van der Waals surface area (Å²) in [6.07, 6.45) is 0. The second-order valence-corrected chi connectivity index (χ2v) is 1.84. The van der Waals surface area contributed by atoms with Crippen LogP contribution in [0.5, 0.6) is 0 Å². The minimum Gasteiger partial charge on any atom is -0.260 e. The van der Waals surface area contributed by atoms with E-state index in [9.17, 15) is 4.57 Å². The summed E-state index contributed by atoms with van der Waals surface area (Å²) >= 11 is 0. The van der Waals surface area contributed by atoms with E-state index in [2.05, 4.69) is 0 Å². The Hall–Kier alpha value is -0.360. The number of hydrogen-bond donors (Lipinski definition) is 2. The summed E-state index contributed by atoms with van der Waals surface area (Å²) in [7, 11) is -4.35. The van der Waals surface area contributed by atoms with E-state index in [0.29, 0.717) is 0 Å². The predicted molar refractivity (Wildman–Crippen MR) is 18.6 cm³/mol. The summed E-state index contributed by atoms with van der Waals surface area (Å²) < 4.78 is 11.3. The second kappa shape index (κ2) is 1.39. The average Bonchev–Trinajstić information content (AvgIpc) is 1.35. The van der Waals surface area contributed by atoms with Gasteiger partial charge in [-0.3, -0.25) is 9.79 Å². The Morgan fingerprint density at radius 2 is 1.83 bits per heavy atom. The maximum atomic E-state index is 9.34. The molecule has 0 heterocycles. The van der Waals surface area contributed by atoms with Gasteiger partial charge in [0.1, 0.15) is 0 Å². The quantitative estimate of drug-likeness (QED) is 0.338. The molecular formula is CH2NO3P. The van der Waals surface area contributed by atoms with Crippen LogP contribution in [0.25, 0.3) is 4.62 Å². The molecule has 34 valence electrons. The Morgan fingerprint density at radius 1 is 1.67 bits per heavy atom. The molecule has 0 fully saturated rings. The lowest BCUT2D eigenvalue weighted by molar-refractivity contribution is 0.385. The molecule has 2 N–H and O–H groups in total. The first-order valence-corrected chi connectivity index (χ1v) is 2.57. The fourth-order valence-electron chi connectivity index (χ4n) is 0. The van der Waals surface area contributed by atoms with E-state index in [1.807, 2.05) is 4.62 Å². The van der Waals surface area contributed by atoms with Crippen molar-refractivity contribution in [2.24, 2.45) is 0 Å². The van der Waals surface area contributed by atoms with Crippen molar-refractivity contribution in [3.63, 3.8) is 0 Å². The van der Waals surface area contributed by atoms with Gasteiger partial charge in [0.15, 0.2) is 0 Å². The summed E-state index contributed by atoms with van der Waals surface area (Å²) in [5.41, 5.74) is 0. The standard InChI is InChI=1S/CH2NO3P/c1-2-6(3,4)5/h(H2,3,4,5). The van der Waals surface area contributed by atoms with Crippen molar-refractivity contribution >= 4 is 7.75 Å². The van der Waals surface area contributed by atoms with Crippen molar-refractivity contribution < 1.29 is 14.4 Å². The Morgan fingerprint density at radius 3 is 1.83 bits per heavy atom. The van der Waals surface area contributed by atoms with Crippen LogP contribution in [0.1, 0.15) is 0 Å². The third kappa shape index (κ3) is 3.64. The zero-order valence-electron chi connectivity index (χ0n) is 2.70. The minimum atomic E-state index is -4.35. The fourth-order valence-corrected chi connectivity index (χ4v) is 0. The lowest BCUT2D eigenvalue weighted by Gasteiger charge is -1.74. The van der Waals surface area contributed by atoms with E-state index >= 15 is 0 Å². The van der Waals surface area contributed by atoms with Crippen LogP contribution < -0.4 is 0 Å². The molecule has 0 aliphatic heterocycles. The molecule has 0 unspecified atom stereocenters. The molecule has 0 aromatic heterocycles. The molecule has 0 atom stereocenters. The van der Waals surface area contributed by atoms with Crippen molar-refractivity contribution in [1.29, 1.82) is 0 Å². The van der Waals surface area contributed by atoms with Gasteiger partial charge in [-0.05, 0) is 0 Å². The van der Waals surface area contributed by atoms with Gasteiger partial charge in [0.25, 0.3) is 0 Å². The summed E-state index contributed by atoms with van der Waals surface area (Å²) in [6.45, 7) is 5.72. The van der Waals surface area contributed by atoms with Gasteiger partial charge in [-0.2, -0.15) is 4.57 Å². The number of rotatable bonds is 0. The van der Waals surface area contributed by atoms with Gasteiger partial charge in [0.2, 0.25) is 0 Å². The first kappa shape index (κ1) is 5.64. The van der Waals surface area contributed by atoms with E-state index in [4.69, 9.17) is 16.4 Å². The smallest absolute Gasteiger partial charge is 0.260 e. The average molecular weight is 107 g/mol. The molecule has 0 saturated carbocycles.